The summed E-state index contributed by atoms with van der Waals surface area (Å²) >= 11 is 5.70. The van der Waals surface area contributed by atoms with Crippen LogP contribution in [0.25, 0.3) is 6.08 Å². The highest BCUT2D eigenvalue weighted by molar-refractivity contribution is 7.81. The Kier molecular flexibility index (Phi) is 6.20. The number of para-hydroxylation sites is 1. The first-order valence-electron chi connectivity index (χ1n) is 9.51. The summed E-state index contributed by atoms with van der Waals surface area (Å²) in [7, 11) is 1.67. The van der Waals surface area contributed by atoms with Gasteiger partial charge in [-0.1, -0.05) is 42.1 Å². The maximum absolute atomic E-state index is 6.51. The molecule has 1 unspecified atom stereocenters. The molecule has 2 aromatic rings. The topological polar surface area (TPSA) is 30.5 Å². The molecule has 3 nitrogen and oxygen atoms in total. The van der Waals surface area contributed by atoms with E-state index in [1.807, 2.05) is 42.5 Å². The highest BCUT2D eigenvalue weighted by atomic mass is 32.1. The smallest absolute Gasteiger partial charge is 0.141 e. The van der Waals surface area contributed by atoms with E-state index in [-0.39, 0.29) is 5.60 Å². The summed E-state index contributed by atoms with van der Waals surface area (Å²) in [4.78, 5) is 0.632. The SMILES string of the molecule is COc1ccc(C(=S)Nc2ccccc2)c2c1C=CC(C)(CCC=C(C)C)O2. The van der Waals surface area contributed by atoms with E-state index < -0.39 is 0 Å². The van der Waals surface area contributed by atoms with E-state index in [1.165, 1.54) is 5.57 Å². The predicted molar refractivity (Wildman–Crippen MR) is 121 cm³/mol. The van der Waals surface area contributed by atoms with E-state index >= 15 is 0 Å². The number of ether oxygens (including phenoxy) is 2. The number of nitrogens with one attached hydrogen (secondary N) is 1. The second kappa shape index (κ2) is 8.61. The van der Waals surface area contributed by atoms with Crippen LogP contribution in [0.3, 0.4) is 0 Å². The summed E-state index contributed by atoms with van der Waals surface area (Å²) in [6, 6.07) is 13.8. The number of benzene rings is 2. The third kappa shape index (κ3) is 4.63. The van der Waals surface area contributed by atoms with E-state index in [2.05, 4.69) is 44.3 Å². The fraction of sp³-hybridized carbons (Fsp3) is 0.292. The Morgan fingerprint density at radius 3 is 2.61 bits per heavy atom. The lowest BCUT2D eigenvalue weighted by Gasteiger charge is -2.33. The van der Waals surface area contributed by atoms with Gasteiger partial charge >= 0.3 is 0 Å². The summed E-state index contributed by atoms with van der Waals surface area (Å²) in [5.41, 5.74) is 3.68. The number of anilines is 1. The first kappa shape index (κ1) is 20.2. The van der Waals surface area contributed by atoms with Crippen LogP contribution in [-0.2, 0) is 0 Å². The molecule has 0 aromatic heterocycles. The van der Waals surface area contributed by atoms with E-state index in [0.717, 1.165) is 41.2 Å². The monoisotopic (exact) mass is 393 g/mol. The van der Waals surface area contributed by atoms with Crippen LogP contribution in [-0.4, -0.2) is 17.7 Å². The van der Waals surface area contributed by atoms with Crippen LogP contribution >= 0.6 is 12.2 Å². The van der Waals surface area contributed by atoms with E-state index in [9.17, 15) is 0 Å². The number of thiocarbonyl (C=S) groups is 1. The molecule has 0 bridgehead atoms. The molecule has 1 aliphatic rings. The van der Waals surface area contributed by atoms with Gasteiger partial charge in [0.15, 0.2) is 0 Å². The highest BCUT2D eigenvalue weighted by Crippen LogP contribution is 2.41. The van der Waals surface area contributed by atoms with Gasteiger partial charge in [-0.25, -0.2) is 0 Å². The Morgan fingerprint density at radius 1 is 1.18 bits per heavy atom. The molecule has 1 N–H and O–H groups in total. The number of hydrogen-bond donors (Lipinski definition) is 1. The lowest BCUT2D eigenvalue weighted by atomic mass is 9.93. The first-order chi connectivity index (χ1) is 13.4. The van der Waals surface area contributed by atoms with Crippen LogP contribution in [0, 0.1) is 0 Å². The van der Waals surface area contributed by atoms with Gasteiger partial charge in [0.25, 0.3) is 0 Å². The molecule has 0 radical (unpaired) electrons. The first-order valence-corrected chi connectivity index (χ1v) is 9.92. The molecule has 1 heterocycles. The van der Waals surface area contributed by atoms with Crippen molar-refractivity contribution in [1.29, 1.82) is 0 Å². The minimum atomic E-state index is -0.386. The normalized spacial score (nSPS) is 17.3. The van der Waals surface area contributed by atoms with Crippen molar-refractivity contribution in [3.05, 3.63) is 71.3 Å². The fourth-order valence-electron chi connectivity index (χ4n) is 3.23. The number of methoxy groups -OCH3 is 1. The number of hydrogen-bond acceptors (Lipinski definition) is 3. The van der Waals surface area contributed by atoms with Crippen LogP contribution in [0.1, 0.15) is 44.7 Å². The molecule has 3 rings (SSSR count). The summed E-state index contributed by atoms with van der Waals surface area (Å²) in [6.07, 6.45) is 8.31. The molecular weight excluding hydrogens is 366 g/mol. The molecule has 1 aliphatic heterocycles. The zero-order valence-electron chi connectivity index (χ0n) is 16.9. The molecule has 0 fully saturated rings. The van der Waals surface area contributed by atoms with Gasteiger partial charge in [0.2, 0.25) is 0 Å². The van der Waals surface area contributed by atoms with Crippen LogP contribution < -0.4 is 14.8 Å². The molecule has 146 valence electrons. The summed E-state index contributed by atoms with van der Waals surface area (Å²) in [5, 5.41) is 3.31. The standard InChI is InChI=1S/C24H27NO2S/c1-17(2)9-8-15-24(3)16-14-19-21(26-4)13-12-20(22(19)27-24)23(28)25-18-10-6-5-7-11-18/h5-7,9-14,16H,8,15H2,1-4H3,(H,25,28). The molecule has 0 amide bonds. The van der Waals surface area contributed by atoms with Gasteiger partial charge < -0.3 is 14.8 Å². The summed E-state index contributed by atoms with van der Waals surface area (Å²) in [5.74, 6) is 1.55. The van der Waals surface area contributed by atoms with Crippen LogP contribution in [0.4, 0.5) is 5.69 Å². The molecule has 0 aliphatic carbocycles. The zero-order chi connectivity index (χ0) is 20.1. The fourth-order valence-corrected chi connectivity index (χ4v) is 3.51. The maximum Gasteiger partial charge on any atom is 0.141 e. The van der Waals surface area contributed by atoms with Crippen molar-refractivity contribution in [2.24, 2.45) is 0 Å². The van der Waals surface area contributed by atoms with Gasteiger partial charge in [0, 0.05) is 5.69 Å². The number of rotatable bonds is 6. The number of fused-ring (bicyclic) bond motifs is 1. The predicted octanol–water partition coefficient (Wildman–Crippen LogP) is 6.39. The average molecular weight is 394 g/mol. The van der Waals surface area contributed by atoms with Crippen molar-refractivity contribution in [1.82, 2.24) is 0 Å². The molecule has 28 heavy (non-hydrogen) atoms. The third-order valence-corrected chi connectivity index (χ3v) is 5.11. The minimum Gasteiger partial charge on any atom is -0.496 e. The number of allylic oxidation sites excluding steroid dienone is 2. The van der Waals surface area contributed by atoms with Gasteiger partial charge in [0.1, 0.15) is 22.1 Å². The molecule has 0 spiro atoms. The van der Waals surface area contributed by atoms with Gasteiger partial charge in [-0.15, -0.1) is 0 Å². The lowest BCUT2D eigenvalue weighted by molar-refractivity contribution is 0.128. The van der Waals surface area contributed by atoms with Crippen molar-refractivity contribution < 1.29 is 9.47 Å². The molecular formula is C24H27NO2S. The average Bonchev–Trinajstić information content (AvgIpc) is 2.67. The van der Waals surface area contributed by atoms with Gasteiger partial charge in [-0.2, -0.15) is 0 Å². The molecule has 0 saturated heterocycles. The molecule has 1 atom stereocenters. The van der Waals surface area contributed by atoms with Crippen molar-refractivity contribution in [3.63, 3.8) is 0 Å². The Morgan fingerprint density at radius 2 is 1.93 bits per heavy atom. The largest absolute Gasteiger partial charge is 0.496 e. The van der Waals surface area contributed by atoms with Crippen molar-refractivity contribution in [3.8, 4) is 11.5 Å². The Balaban J connectivity index is 1.92. The lowest BCUT2D eigenvalue weighted by Crippen LogP contribution is -2.33. The van der Waals surface area contributed by atoms with Crippen LogP contribution in [0.2, 0.25) is 0 Å². The summed E-state index contributed by atoms with van der Waals surface area (Å²) < 4.78 is 12.1. The Labute approximate surface area is 173 Å². The minimum absolute atomic E-state index is 0.386. The summed E-state index contributed by atoms with van der Waals surface area (Å²) in [6.45, 7) is 6.35. The van der Waals surface area contributed by atoms with Crippen LogP contribution in [0.5, 0.6) is 11.5 Å². The van der Waals surface area contributed by atoms with Crippen LogP contribution in [0.15, 0.2) is 60.2 Å². The van der Waals surface area contributed by atoms with E-state index in [1.54, 1.807) is 7.11 Å². The molecule has 4 heteroatoms. The Hall–Kier alpha value is -2.59. The van der Waals surface area contributed by atoms with Crippen molar-refractivity contribution >= 4 is 29.0 Å². The third-order valence-electron chi connectivity index (χ3n) is 4.78. The second-order valence-electron chi connectivity index (χ2n) is 7.45. The van der Waals surface area contributed by atoms with E-state index in [0.29, 0.717) is 4.99 Å². The maximum atomic E-state index is 6.51. The van der Waals surface area contributed by atoms with Gasteiger partial charge in [0.05, 0.1) is 18.2 Å². The molecule has 0 saturated carbocycles. The van der Waals surface area contributed by atoms with Gasteiger partial charge in [-0.05, 0) is 70.0 Å². The van der Waals surface area contributed by atoms with Crippen molar-refractivity contribution in [2.45, 2.75) is 39.2 Å². The van der Waals surface area contributed by atoms with Gasteiger partial charge in [-0.3, -0.25) is 0 Å². The second-order valence-corrected chi connectivity index (χ2v) is 7.85. The Bertz CT molecular complexity index is 914. The van der Waals surface area contributed by atoms with E-state index in [4.69, 9.17) is 21.7 Å². The molecule has 2 aromatic carbocycles. The zero-order valence-corrected chi connectivity index (χ0v) is 17.7. The quantitative estimate of drug-likeness (QED) is 0.455. The highest BCUT2D eigenvalue weighted by Gasteiger charge is 2.30. The van der Waals surface area contributed by atoms with Crippen molar-refractivity contribution in [2.75, 3.05) is 12.4 Å².